The van der Waals surface area contributed by atoms with Crippen LogP contribution in [0.1, 0.15) is 26.7 Å². The molecule has 1 saturated heterocycles. The molecule has 84 valence electrons. The van der Waals surface area contributed by atoms with E-state index in [1.54, 1.807) is 6.08 Å². The van der Waals surface area contributed by atoms with Crippen molar-refractivity contribution in [2.24, 2.45) is 17.3 Å². The highest BCUT2D eigenvalue weighted by Gasteiger charge is 2.55. The molecule has 2 rings (SSSR count). The zero-order chi connectivity index (χ0) is 11.2. The molecule has 0 aromatic rings. The second-order valence-corrected chi connectivity index (χ2v) is 5.36. The molecule has 0 unspecified atom stereocenters. The van der Waals surface area contributed by atoms with Crippen molar-refractivity contribution in [3.05, 3.63) is 12.7 Å². The Kier molecular flexibility index (Phi) is 2.38. The van der Waals surface area contributed by atoms with Gasteiger partial charge in [0, 0.05) is 11.3 Å². The van der Waals surface area contributed by atoms with Crippen LogP contribution in [0.3, 0.4) is 0 Å². The Hall–Kier alpha value is -0.830. The summed E-state index contributed by atoms with van der Waals surface area (Å²) in [5.74, 6) is 0.161. The van der Waals surface area contributed by atoms with Crippen LogP contribution in [-0.2, 0) is 9.53 Å². The van der Waals surface area contributed by atoms with Crippen molar-refractivity contribution in [1.29, 1.82) is 0 Å². The average molecular weight is 210 g/mol. The highest BCUT2D eigenvalue weighted by molar-refractivity contribution is 5.72. The third-order valence-corrected chi connectivity index (χ3v) is 3.81. The van der Waals surface area contributed by atoms with Gasteiger partial charge in [-0.05, 0) is 12.3 Å². The van der Waals surface area contributed by atoms with E-state index in [9.17, 15) is 9.90 Å². The molecule has 0 aromatic carbocycles. The number of carbonyl (C=O) groups excluding carboxylic acids is 1. The Labute approximate surface area is 90.1 Å². The van der Waals surface area contributed by atoms with E-state index in [1.165, 1.54) is 0 Å². The molecule has 1 saturated carbocycles. The zero-order valence-electron chi connectivity index (χ0n) is 9.27. The largest absolute Gasteiger partial charge is 0.461 e. The van der Waals surface area contributed by atoms with Crippen LogP contribution in [-0.4, -0.2) is 23.3 Å². The first-order valence-electron chi connectivity index (χ1n) is 5.46. The minimum Gasteiger partial charge on any atom is -0.461 e. The molecule has 0 aromatic heterocycles. The van der Waals surface area contributed by atoms with Gasteiger partial charge in [-0.15, -0.1) is 6.58 Å². The summed E-state index contributed by atoms with van der Waals surface area (Å²) in [6, 6.07) is 0. The van der Waals surface area contributed by atoms with Crippen LogP contribution in [0.4, 0.5) is 0 Å². The molecule has 3 heteroatoms. The van der Waals surface area contributed by atoms with Gasteiger partial charge >= 0.3 is 5.97 Å². The molecule has 3 nitrogen and oxygen atoms in total. The number of aliphatic hydroxyl groups is 1. The van der Waals surface area contributed by atoms with Crippen molar-refractivity contribution in [2.45, 2.75) is 38.9 Å². The number of hydrogen-bond donors (Lipinski definition) is 1. The quantitative estimate of drug-likeness (QED) is 0.555. The van der Waals surface area contributed by atoms with Crippen LogP contribution >= 0.6 is 0 Å². The van der Waals surface area contributed by atoms with E-state index in [2.05, 4.69) is 20.4 Å². The van der Waals surface area contributed by atoms with Gasteiger partial charge in [-0.3, -0.25) is 4.79 Å². The molecule has 15 heavy (non-hydrogen) atoms. The van der Waals surface area contributed by atoms with E-state index in [4.69, 9.17) is 4.74 Å². The number of carbonyl (C=O) groups is 1. The fourth-order valence-corrected chi connectivity index (χ4v) is 3.12. The first-order valence-corrected chi connectivity index (χ1v) is 5.46. The Bertz CT molecular complexity index is 295. The number of rotatable bonds is 2. The summed E-state index contributed by atoms with van der Waals surface area (Å²) in [4.78, 5) is 11.3. The summed E-state index contributed by atoms with van der Waals surface area (Å²) in [6.07, 6.45) is 2.36. The monoisotopic (exact) mass is 210 g/mol. The van der Waals surface area contributed by atoms with Gasteiger partial charge in [0.25, 0.3) is 0 Å². The summed E-state index contributed by atoms with van der Waals surface area (Å²) in [5, 5.41) is 9.84. The van der Waals surface area contributed by atoms with Gasteiger partial charge in [-0.1, -0.05) is 19.9 Å². The summed E-state index contributed by atoms with van der Waals surface area (Å²) in [7, 11) is 0. The topological polar surface area (TPSA) is 46.5 Å². The van der Waals surface area contributed by atoms with Gasteiger partial charge in [0.2, 0.25) is 0 Å². The van der Waals surface area contributed by atoms with Crippen LogP contribution in [0.2, 0.25) is 0 Å². The lowest BCUT2D eigenvalue weighted by Gasteiger charge is -2.24. The van der Waals surface area contributed by atoms with E-state index in [1.807, 2.05) is 0 Å². The Balaban J connectivity index is 2.23. The average Bonchev–Trinajstić information content (AvgIpc) is 2.64. The number of hydrogen-bond acceptors (Lipinski definition) is 3. The molecule has 2 fully saturated rings. The summed E-state index contributed by atoms with van der Waals surface area (Å²) < 4.78 is 5.34. The number of esters is 1. The highest BCUT2D eigenvalue weighted by Crippen LogP contribution is 2.52. The normalized spacial score (nSPS) is 39.7. The fourth-order valence-electron chi connectivity index (χ4n) is 3.12. The number of fused-ring (bicyclic) bond motifs is 1. The van der Waals surface area contributed by atoms with Gasteiger partial charge in [-0.2, -0.15) is 0 Å². The number of ether oxygens (including phenoxy) is 1. The molecule has 1 heterocycles. The Morgan fingerprint density at radius 1 is 1.67 bits per heavy atom. The lowest BCUT2D eigenvalue weighted by atomic mass is 9.87. The summed E-state index contributed by atoms with van der Waals surface area (Å²) >= 11 is 0. The summed E-state index contributed by atoms with van der Waals surface area (Å²) in [6.45, 7) is 7.80. The van der Waals surface area contributed by atoms with Crippen molar-refractivity contribution < 1.29 is 14.6 Å². The highest BCUT2D eigenvalue weighted by atomic mass is 16.6. The Morgan fingerprint density at radius 3 is 2.93 bits per heavy atom. The smallest absolute Gasteiger partial charge is 0.306 e. The maximum Gasteiger partial charge on any atom is 0.306 e. The lowest BCUT2D eigenvalue weighted by Crippen LogP contribution is -2.27. The molecule has 0 radical (unpaired) electrons. The molecule has 1 N–H and O–H groups in total. The predicted molar refractivity (Wildman–Crippen MR) is 56.1 cm³/mol. The molecular formula is C12H18O3. The molecule has 2 aliphatic rings. The van der Waals surface area contributed by atoms with E-state index in [0.29, 0.717) is 6.42 Å². The fraction of sp³-hybridized carbons (Fsp3) is 0.750. The molecule has 1 aliphatic heterocycles. The van der Waals surface area contributed by atoms with Crippen LogP contribution < -0.4 is 0 Å². The second-order valence-electron chi connectivity index (χ2n) is 5.36. The van der Waals surface area contributed by atoms with Crippen LogP contribution in [0.5, 0.6) is 0 Å². The minimum atomic E-state index is -0.520. The van der Waals surface area contributed by atoms with E-state index < -0.39 is 6.10 Å². The first-order chi connectivity index (χ1) is 6.95. The van der Waals surface area contributed by atoms with E-state index >= 15 is 0 Å². The maximum atomic E-state index is 11.3. The van der Waals surface area contributed by atoms with Crippen molar-refractivity contribution in [3.8, 4) is 0 Å². The molecule has 0 spiro atoms. The molecule has 0 amide bonds. The lowest BCUT2D eigenvalue weighted by molar-refractivity contribution is -0.145. The minimum absolute atomic E-state index is 0.0223. The maximum absolute atomic E-state index is 11.3. The van der Waals surface area contributed by atoms with Crippen molar-refractivity contribution in [2.75, 3.05) is 0 Å². The van der Waals surface area contributed by atoms with Crippen LogP contribution in [0.25, 0.3) is 0 Å². The molecule has 4 atom stereocenters. The van der Waals surface area contributed by atoms with E-state index in [0.717, 1.165) is 6.42 Å². The van der Waals surface area contributed by atoms with Gasteiger partial charge in [-0.25, -0.2) is 0 Å². The van der Waals surface area contributed by atoms with Crippen molar-refractivity contribution in [3.63, 3.8) is 0 Å². The molecule has 0 bridgehead atoms. The standard InChI is InChI=1S/C12H18O3/c1-4-9(13)8-6-12(2,3)11-7(8)5-10(14)15-11/h4,7-9,11,13H,1,5-6H2,2-3H3/t7-,8-,9+,11-/m1/s1. The second kappa shape index (κ2) is 3.34. The third-order valence-electron chi connectivity index (χ3n) is 3.81. The SMILES string of the molecule is C=C[C@H](O)[C@@H]1CC(C)(C)[C@@H]2OC(=O)C[C@H]12. The van der Waals surface area contributed by atoms with Crippen LogP contribution in [0, 0.1) is 17.3 Å². The summed E-state index contributed by atoms with van der Waals surface area (Å²) in [5.41, 5.74) is -0.0223. The first kappa shape index (κ1) is 10.7. The Morgan fingerprint density at radius 2 is 2.33 bits per heavy atom. The van der Waals surface area contributed by atoms with Crippen molar-refractivity contribution in [1.82, 2.24) is 0 Å². The van der Waals surface area contributed by atoms with Gasteiger partial charge in [0.1, 0.15) is 6.10 Å². The zero-order valence-corrected chi connectivity index (χ0v) is 9.27. The van der Waals surface area contributed by atoms with E-state index in [-0.39, 0.29) is 29.3 Å². The predicted octanol–water partition coefficient (Wildman–Crippen LogP) is 1.51. The van der Waals surface area contributed by atoms with Gasteiger partial charge in [0.15, 0.2) is 0 Å². The molecule has 1 aliphatic carbocycles. The van der Waals surface area contributed by atoms with Gasteiger partial charge in [0.05, 0.1) is 12.5 Å². The number of aliphatic hydroxyl groups excluding tert-OH is 1. The van der Waals surface area contributed by atoms with Crippen LogP contribution in [0.15, 0.2) is 12.7 Å². The molecular weight excluding hydrogens is 192 g/mol. The third kappa shape index (κ3) is 1.59. The van der Waals surface area contributed by atoms with Crippen molar-refractivity contribution >= 4 is 5.97 Å². The van der Waals surface area contributed by atoms with Gasteiger partial charge < -0.3 is 9.84 Å².